The van der Waals surface area contributed by atoms with E-state index in [0.29, 0.717) is 23.9 Å². The quantitative estimate of drug-likeness (QED) is 0.751. The molecule has 2 amide bonds. The molecule has 29 heavy (non-hydrogen) atoms. The molecule has 7 nitrogen and oxygen atoms in total. The number of hydrogen-bond donors (Lipinski definition) is 2. The highest BCUT2D eigenvalue weighted by atomic mass is 35.5. The van der Waals surface area contributed by atoms with Gasteiger partial charge in [-0.2, -0.15) is 0 Å². The van der Waals surface area contributed by atoms with Gasteiger partial charge in [-0.15, -0.1) is 0 Å². The number of carbonyl (C=O) groups excluding carboxylic acids is 2. The topological polar surface area (TPSA) is 82.1 Å². The summed E-state index contributed by atoms with van der Waals surface area (Å²) in [5.74, 6) is 0.300. The van der Waals surface area contributed by atoms with Crippen LogP contribution in [-0.2, 0) is 9.59 Å². The molecule has 0 aromatic heterocycles. The van der Waals surface area contributed by atoms with Crippen LogP contribution in [0.1, 0.15) is 31.7 Å². The highest BCUT2D eigenvalue weighted by molar-refractivity contribution is 6.32. The number of aliphatic hydroxyl groups is 1. The maximum Gasteiger partial charge on any atom is 0.258 e. The summed E-state index contributed by atoms with van der Waals surface area (Å²) in [5, 5.41) is 14.3. The molecule has 0 bridgehead atoms. The summed E-state index contributed by atoms with van der Waals surface area (Å²) >= 11 is 6.10. The van der Waals surface area contributed by atoms with Gasteiger partial charge in [0.2, 0.25) is 5.91 Å². The Morgan fingerprint density at radius 2 is 1.97 bits per heavy atom. The number of amides is 2. The average molecular weight is 424 g/mol. The number of rotatable bonds is 5. The Hall–Kier alpha value is -1.83. The normalized spacial score (nSPS) is 25.5. The molecule has 1 aliphatic carbocycles. The third kappa shape index (κ3) is 5.62. The summed E-state index contributed by atoms with van der Waals surface area (Å²) in [6.45, 7) is 6.23. The Labute approximate surface area is 176 Å². The van der Waals surface area contributed by atoms with Crippen LogP contribution in [0.15, 0.2) is 18.2 Å². The molecule has 3 rings (SSSR count). The number of hydrogen-bond acceptors (Lipinski definition) is 5. The van der Waals surface area contributed by atoms with Crippen molar-refractivity contribution in [2.45, 2.75) is 51.3 Å². The minimum absolute atomic E-state index is 0.00436. The highest BCUT2D eigenvalue weighted by Crippen LogP contribution is 2.26. The van der Waals surface area contributed by atoms with Crippen molar-refractivity contribution in [3.05, 3.63) is 28.8 Å². The second-order valence-corrected chi connectivity index (χ2v) is 8.33. The van der Waals surface area contributed by atoms with Gasteiger partial charge in [-0.25, -0.2) is 0 Å². The van der Waals surface area contributed by atoms with Crippen molar-refractivity contribution in [3.63, 3.8) is 0 Å². The monoisotopic (exact) mass is 423 g/mol. The van der Waals surface area contributed by atoms with Crippen molar-refractivity contribution in [1.29, 1.82) is 0 Å². The third-order valence-corrected chi connectivity index (χ3v) is 6.15. The van der Waals surface area contributed by atoms with E-state index >= 15 is 0 Å². The van der Waals surface area contributed by atoms with Gasteiger partial charge in [0.05, 0.1) is 17.2 Å². The second-order valence-electron chi connectivity index (χ2n) is 7.93. The van der Waals surface area contributed by atoms with Crippen LogP contribution in [0.2, 0.25) is 5.02 Å². The molecular formula is C21H30ClN3O4. The van der Waals surface area contributed by atoms with Gasteiger partial charge < -0.3 is 20.1 Å². The van der Waals surface area contributed by atoms with E-state index < -0.39 is 6.10 Å². The molecule has 0 unspecified atom stereocenters. The van der Waals surface area contributed by atoms with E-state index in [1.54, 1.807) is 19.1 Å². The van der Waals surface area contributed by atoms with Crippen LogP contribution in [0.5, 0.6) is 5.75 Å². The number of halogens is 1. The van der Waals surface area contributed by atoms with Crippen molar-refractivity contribution in [3.8, 4) is 5.75 Å². The number of aryl methyl sites for hydroxylation is 1. The lowest BCUT2D eigenvalue weighted by Gasteiger charge is -2.45. The van der Waals surface area contributed by atoms with E-state index in [1.165, 1.54) is 0 Å². The van der Waals surface area contributed by atoms with Crippen LogP contribution in [-0.4, -0.2) is 77.7 Å². The zero-order chi connectivity index (χ0) is 21.0. The maximum absolute atomic E-state index is 12.4. The Morgan fingerprint density at radius 3 is 2.66 bits per heavy atom. The van der Waals surface area contributed by atoms with Crippen molar-refractivity contribution in [1.82, 2.24) is 15.1 Å². The number of benzene rings is 1. The van der Waals surface area contributed by atoms with Gasteiger partial charge in [0.15, 0.2) is 6.61 Å². The van der Waals surface area contributed by atoms with Gasteiger partial charge in [-0.05, 0) is 43.9 Å². The van der Waals surface area contributed by atoms with E-state index in [2.05, 4.69) is 10.2 Å². The largest absolute Gasteiger partial charge is 0.482 e. The van der Waals surface area contributed by atoms with Gasteiger partial charge in [0, 0.05) is 39.1 Å². The van der Waals surface area contributed by atoms with Crippen LogP contribution in [0, 0.1) is 6.92 Å². The first-order valence-electron chi connectivity index (χ1n) is 10.2. The zero-order valence-electron chi connectivity index (χ0n) is 17.1. The van der Waals surface area contributed by atoms with Gasteiger partial charge in [-0.3, -0.25) is 14.5 Å². The maximum atomic E-state index is 12.4. The number of nitrogens with zero attached hydrogens (tertiary/aromatic N) is 2. The zero-order valence-corrected chi connectivity index (χ0v) is 17.8. The first-order chi connectivity index (χ1) is 13.8. The average Bonchev–Trinajstić information content (AvgIpc) is 2.70. The van der Waals surface area contributed by atoms with Crippen molar-refractivity contribution in [2.24, 2.45) is 0 Å². The molecule has 1 aromatic carbocycles. The first kappa shape index (κ1) is 21.9. The number of ether oxygens (including phenoxy) is 1. The molecule has 3 atom stereocenters. The minimum atomic E-state index is -0.640. The van der Waals surface area contributed by atoms with Gasteiger partial charge in [0.1, 0.15) is 5.75 Å². The predicted molar refractivity (Wildman–Crippen MR) is 111 cm³/mol. The van der Waals surface area contributed by atoms with Crippen molar-refractivity contribution in [2.75, 3.05) is 32.8 Å². The molecule has 0 spiro atoms. The Morgan fingerprint density at radius 1 is 1.24 bits per heavy atom. The van der Waals surface area contributed by atoms with E-state index in [4.69, 9.17) is 16.3 Å². The van der Waals surface area contributed by atoms with Gasteiger partial charge in [-0.1, -0.05) is 17.7 Å². The summed E-state index contributed by atoms with van der Waals surface area (Å²) in [6, 6.07) is 5.11. The molecule has 2 aliphatic rings. The molecule has 8 heteroatoms. The fraction of sp³-hybridized carbons (Fsp3) is 0.619. The van der Waals surface area contributed by atoms with E-state index in [0.717, 1.165) is 37.9 Å². The molecule has 2 N–H and O–H groups in total. The van der Waals surface area contributed by atoms with Crippen LogP contribution >= 0.6 is 11.6 Å². The molecule has 1 aromatic rings. The summed E-state index contributed by atoms with van der Waals surface area (Å²) < 4.78 is 5.56. The SMILES string of the molecule is CC(=O)N1CCN([C@@H]2CCC[C@@H](NC(=O)COc3cc(C)ccc3Cl)[C@H]2O)CC1. The smallest absolute Gasteiger partial charge is 0.258 e. The number of nitrogens with one attached hydrogen (secondary N) is 1. The molecule has 1 aliphatic heterocycles. The number of piperazine rings is 1. The van der Waals surface area contributed by atoms with E-state index in [1.807, 2.05) is 17.9 Å². The fourth-order valence-electron chi connectivity index (χ4n) is 4.19. The van der Waals surface area contributed by atoms with Crippen LogP contribution in [0.3, 0.4) is 0 Å². The number of aliphatic hydroxyl groups excluding tert-OH is 1. The molecular weight excluding hydrogens is 394 g/mol. The van der Waals surface area contributed by atoms with Crippen molar-refractivity contribution >= 4 is 23.4 Å². The molecule has 1 heterocycles. The lowest BCUT2D eigenvalue weighted by molar-refractivity contribution is -0.132. The molecule has 1 saturated carbocycles. The van der Waals surface area contributed by atoms with E-state index in [9.17, 15) is 14.7 Å². The van der Waals surface area contributed by atoms with Crippen LogP contribution < -0.4 is 10.1 Å². The summed E-state index contributed by atoms with van der Waals surface area (Å²) in [7, 11) is 0. The Kier molecular flexibility index (Phi) is 7.38. The van der Waals surface area contributed by atoms with Gasteiger partial charge in [0.25, 0.3) is 5.91 Å². The summed E-state index contributed by atoms with van der Waals surface area (Å²) in [5.41, 5.74) is 1.00. The molecule has 0 radical (unpaired) electrons. The predicted octanol–water partition coefficient (Wildman–Crippen LogP) is 1.59. The second kappa shape index (κ2) is 9.78. The van der Waals surface area contributed by atoms with Crippen molar-refractivity contribution < 1.29 is 19.4 Å². The van der Waals surface area contributed by atoms with Crippen LogP contribution in [0.4, 0.5) is 0 Å². The molecule has 2 fully saturated rings. The first-order valence-corrected chi connectivity index (χ1v) is 10.6. The van der Waals surface area contributed by atoms with Gasteiger partial charge >= 0.3 is 0 Å². The van der Waals surface area contributed by atoms with Crippen LogP contribution in [0.25, 0.3) is 0 Å². The molecule has 160 valence electrons. The highest BCUT2D eigenvalue weighted by Gasteiger charge is 2.37. The Balaban J connectivity index is 1.51. The third-order valence-electron chi connectivity index (χ3n) is 5.84. The molecule has 1 saturated heterocycles. The lowest BCUT2D eigenvalue weighted by Crippen LogP contribution is -2.60. The standard InChI is InChI=1S/C21H30ClN3O4/c1-14-6-7-16(22)19(12-14)29-13-20(27)23-17-4-3-5-18(21(17)28)25-10-8-24(9-11-25)15(2)26/h6-7,12,17-18,21,28H,3-5,8-11,13H2,1-2H3,(H,23,27)/t17-,18-,21-/m1/s1. The fourth-order valence-corrected chi connectivity index (χ4v) is 4.37. The van der Waals surface area contributed by atoms with E-state index in [-0.39, 0.29) is 30.5 Å². The summed E-state index contributed by atoms with van der Waals surface area (Å²) in [4.78, 5) is 28.0. The minimum Gasteiger partial charge on any atom is -0.482 e. The lowest BCUT2D eigenvalue weighted by atomic mass is 9.86. The number of carbonyl (C=O) groups is 2. The Bertz CT molecular complexity index is 737. The summed E-state index contributed by atoms with van der Waals surface area (Å²) in [6.07, 6.45) is 1.92.